The van der Waals surface area contributed by atoms with Crippen molar-refractivity contribution in [2.45, 2.75) is 18.3 Å². The highest BCUT2D eigenvalue weighted by atomic mass is 16.2. The molecular weight excluding hydrogens is 272 g/mol. The summed E-state index contributed by atoms with van der Waals surface area (Å²) in [6.07, 6.45) is 3.85. The smallest absolute Gasteiger partial charge is 0.237 e. The summed E-state index contributed by atoms with van der Waals surface area (Å²) in [7, 11) is 1.87. The molecule has 3 heteroatoms. The summed E-state index contributed by atoms with van der Waals surface area (Å²) in [4.78, 5) is 18.2. The molecule has 1 amide bonds. The Labute approximate surface area is 129 Å². The predicted molar refractivity (Wildman–Crippen MR) is 89.1 cm³/mol. The monoisotopic (exact) mass is 290 g/mol. The van der Waals surface area contributed by atoms with Crippen LogP contribution in [-0.4, -0.2) is 17.9 Å². The average Bonchev–Trinajstić information content (AvgIpc) is 3.27. The zero-order valence-corrected chi connectivity index (χ0v) is 12.5. The van der Waals surface area contributed by atoms with Crippen molar-refractivity contribution >= 4 is 22.5 Å². The van der Waals surface area contributed by atoms with Crippen LogP contribution in [0.4, 0.5) is 5.69 Å². The first-order valence-electron chi connectivity index (χ1n) is 7.62. The van der Waals surface area contributed by atoms with Gasteiger partial charge in [-0.25, -0.2) is 0 Å². The molecule has 1 heterocycles. The minimum absolute atomic E-state index is 0.184. The molecule has 1 aliphatic carbocycles. The minimum Gasteiger partial charge on any atom is -0.361 e. The summed E-state index contributed by atoms with van der Waals surface area (Å²) in [5, 5.41) is 1.16. The van der Waals surface area contributed by atoms with Crippen LogP contribution < -0.4 is 4.90 Å². The number of amides is 1. The van der Waals surface area contributed by atoms with Crippen molar-refractivity contribution in [2.24, 2.45) is 0 Å². The molecule has 1 fully saturated rings. The van der Waals surface area contributed by atoms with E-state index >= 15 is 0 Å². The fourth-order valence-corrected chi connectivity index (χ4v) is 3.28. The van der Waals surface area contributed by atoms with Gasteiger partial charge in [-0.15, -0.1) is 0 Å². The quantitative estimate of drug-likeness (QED) is 0.781. The molecule has 110 valence electrons. The summed E-state index contributed by atoms with van der Waals surface area (Å²) < 4.78 is 0. The molecule has 1 saturated carbocycles. The molecule has 0 saturated heterocycles. The van der Waals surface area contributed by atoms with Crippen LogP contribution in [0.1, 0.15) is 18.4 Å². The van der Waals surface area contributed by atoms with E-state index in [2.05, 4.69) is 17.1 Å². The van der Waals surface area contributed by atoms with Gasteiger partial charge in [0.05, 0.1) is 5.41 Å². The molecule has 2 aromatic carbocycles. The van der Waals surface area contributed by atoms with Gasteiger partial charge >= 0.3 is 0 Å². The van der Waals surface area contributed by atoms with Crippen LogP contribution in [0.15, 0.2) is 60.8 Å². The van der Waals surface area contributed by atoms with E-state index in [-0.39, 0.29) is 11.3 Å². The Balaban J connectivity index is 1.74. The van der Waals surface area contributed by atoms with Gasteiger partial charge in [0, 0.05) is 29.8 Å². The van der Waals surface area contributed by atoms with Gasteiger partial charge in [-0.2, -0.15) is 0 Å². The van der Waals surface area contributed by atoms with Crippen LogP contribution in [0, 0.1) is 0 Å². The molecule has 0 aliphatic heterocycles. The van der Waals surface area contributed by atoms with Crippen LogP contribution >= 0.6 is 0 Å². The first kappa shape index (κ1) is 13.1. The predicted octanol–water partition coefficient (Wildman–Crippen LogP) is 3.86. The highest BCUT2D eigenvalue weighted by Gasteiger charge is 2.53. The molecule has 1 N–H and O–H groups in total. The van der Waals surface area contributed by atoms with E-state index in [9.17, 15) is 4.79 Å². The SMILES string of the molecule is CN(C(=O)C1(c2c[nH]c3ccccc23)CC1)c1ccccc1. The van der Waals surface area contributed by atoms with E-state index in [1.165, 1.54) is 0 Å². The Morgan fingerprint density at radius 3 is 2.45 bits per heavy atom. The lowest BCUT2D eigenvalue weighted by atomic mass is 9.93. The largest absolute Gasteiger partial charge is 0.361 e. The lowest BCUT2D eigenvalue weighted by molar-refractivity contribution is -0.120. The number of fused-ring (bicyclic) bond motifs is 1. The fourth-order valence-electron chi connectivity index (χ4n) is 3.28. The number of H-pyrrole nitrogens is 1. The fraction of sp³-hybridized carbons (Fsp3) is 0.211. The molecule has 0 spiro atoms. The van der Waals surface area contributed by atoms with Gasteiger partial charge in [0.25, 0.3) is 0 Å². The van der Waals surface area contributed by atoms with Gasteiger partial charge in [-0.05, 0) is 36.6 Å². The second-order valence-corrected chi connectivity index (χ2v) is 6.03. The van der Waals surface area contributed by atoms with Crippen molar-refractivity contribution in [3.05, 3.63) is 66.4 Å². The van der Waals surface area contributed by atoms with E-state index in [0.29, 0.717) is 0 Å². The Hall–Kier alpha value is -2.55. The molecule has 0 bridgehead atoms. The summed E-state index contributed by atoms with van der Waals surface area (Å²) in [5.41, 5.74) is 2.82. The molecule has 3 nitrogen and oxygen atoms in total. The molecule has 0 radical (unpaired) electrons. The van der Waals surface area contributed by atoms with E-state index in [1.807, 2.05) is 55.7 Å². The first-order chi connectivity index (χ1) is 10.7. The zero-order chi connectivity index (χ0) is 15.2. The van der Waals surface area contributed by atoms with Crippen molar-refractivity contribution in [1.29, 1.82) is 0 Å². The van der Waals surface area contributed by atoms with E-state index in [0.717, 1.165) is 35.0 Å². The highest BCUT2D eigenvalue weighted by Crippen LogP contribution is 2.51. The number of likely N-dealkylation sites (N-methyl/N-ethyl adjacent to an activating group) is 1. The lowest BCUT2D eigenvalue weighted by Crippen LogP contribution is -2.36. The maximum atomic E-state index is 13.1. The van der Waals surface area contributed by atoms with E-state index in [1.54, 1.807) is 4.90 Å². The number of anilines is 1. The van der Waals surface area contributed by atoms with Crippen molar-refractivity contribution in [2.75, 3.05) is 11.9 Å². The van der Waals surface area contributed by atoms with E-state index in [4.69, 9.17) is 0 Å². The Morgan fingerprint density at radius 1 is 1.05 bits per heavy atom. The maximum absolute atomic E-state index is 13.1. The number of aromatic nitrogens is 1. The molecule has 1 aromatic heterocycles. The standard InChI is InChI=1S/C19H18N2O/c1-21(14-7-3-2-4-8-14)18(22)19(11-12-19)16-13-20-17-10-6-5-9-15(16)17/h2-10,13,20H,11-12H2,1H3. The normalized spacial score (nSPS) is 15.7. The molecule has 0 atom stereocenters. The lowest BCUT2D eigenvalue weighted by Gasteiger charge is -2.23. The molecule has 3 aromatic rings. The van der Waals surface area contributed by atoms with Gasteiger partial charge in [0.1, 0.15) is 0 Å². The highest BCUT2D eigenvalue weighted by molar-refractivity contribution is 6.05. The van der Waals surface area contributed by atoms with Crippen LogP contribution in [0.3, 0.4) is 0 Å². The number of hydrogen-bond acceptors (Lipinski definition) is 1. The number of benzene rings is 2. The van der Waals surface area contributed by atoms with Crippen LogP contribution in [0.2, 0.25) is 0 Å². The van der Waals surface area contributed by atoms with Crippen LogP contribution in [0.5, 0.6) is 0 Å². The summed E-state index contributed by atoms with van der Waals surface area (Å²) >= 11 is 0. The topological polar surface area (TPSA) is 36.1 Å². The third-order valence-electron chi connectivity index (χ3n) is 4.71. The zero-order valence-electron chi connectivity index (χ0n) is 12.5. The number of carbonyl (C=O) groups is 1. The van der Waals surface area contributed by atoms with Crippen molar-refractivity contribution in [3.8, 4) is 0 Å². The first-order valence-corrected chi connectivity index (χ1v) is 7.62. The van der Waals surface area contributed by atoms with Gasteiger partial charge in [0.2, 0.25) is 5.91 Å². The number of para-hydroxylation sites is 2. The second-order valence-electron chi connectivity index (χ2n) is 6.03. The number of nitrogens with zero attached hydrogens (tertiary/aromatic N) is 1. The number of nitrogens with one attached hydrogen (secondary N) is 1. The second kappa shape index (κ2) is 4.73. The number of aromatic amines is 1. The van der Waals surface area contributed by atoms with Crippen molar-refractivity contribution in [1.82, 2.24) is 4.98 Å². The van der Waals surface area contributed by atoms with Crippen molar-refractivity contribution in [3.63, 3.8) is 0 Å². The maximum Gasteiger partial charge on any atom is 0.237 e. The molecular formula is C19H18N2O. The van der Waals surface area contributed by atoms with Crippen LogP contribution in [-0.2, 0) is 10.2 Å². The van der Waals surface area contributed by atoms with Gasteiger partial charge < -0.3 is 9.88 Å². The summed E-state index contributed by atoms with van der Waals surface area (Å²) in [5.74, 6) is 0.184. The molecule has 4 rings (SSSR count). The number of hydrogen-bond donors (Lipinski definition) is 1. The third kappa shape index (κ3) is 1.86. The minimum atomic E-state index is -0.357. The Kier molecular flexibility index (Phi) is 2.83. The van der Waals surface area contributed by atoms with Gasteiger partial charge in [-0.1, -0.05) is 36.4 Å². The van der Waals surface area contributed by atoms with Gasteiger partial charge in [0.15, 0.2) is 0 Å². The Morgan fingerprint density at radius 2 is 1.73 bits per heavy atom. The Bertz CT molecular complexity index is 831. The molecule has 0 unspecified atom stereocenters. The number of rotatable bonds is 3. The average molecular weight is 290 g/mol. The van der Waals surface area contributed by atoms with Crippen LogP contribution in [0.25, 0.3) is 10.9 Å². The molecule has 22 heavy (non-hydrogen) atoms. The molecule has 1 aliphatic rings. The third-order valence-corrected chi connectivity index (χ3v) is 4.71. The van der Waals surface area contributed by atoms with E-state index < -0.39 is 0 Å². The number of carbonyl (C=O) groups excluding carboxylic acids is 1. The van der Waals surface area contributed by atoms with Crippen molar-refractivity contribution < 1.29 is 4.79 Å². The summed E-state index contributed by atoms with van der Waals surface area (Å²) in [6.45, 7) is 0. The summed E-state index contributed by atoms with van der Waals surface area (Å²) in [6, 6.07) is 18.0. The van der Waals surface area contributed by atoms with Gasteiger partial charge in [-0.3, -0.25) is 4.79 Å².